The Kier molecular flexibility index (Phi) is 6.79. The number of sulfonamides is 1. The van der Waals surface area contributed by atoms with Gasteiger partial charge in [0.2, 0.25) is 21.8 Å². The van der Waals surface area contributed by atoms with Gasteiger partial charge < -0.3 is 5.32 Å². The van der Waals surface area contributed by atoms with Crippen LogP contribution in [-0.2, 0) is 19.6 Å². The summed E-state index contributed by atoms with van der Waals surface area (Å²) >= 11 is 6.28. The van der Waals surface area contributed by atoms with Gasteiger partial charge in [-0.15, -0.1) is 0 Å². The third-order valence-corrected chi connectivity index (χ3v) is 7.70. The van der Waals surface area contributed by atoms with Crippen LogP contribution in [0.2, 0.25) is 5.02 Å². The first-order chi connectivity index (χ1) is 14.0. The molecule has 1 saturated heterocycles. The van der Waals surface area contributed by atoms with E-state index in [1.165, 1.54) is 4.90 Å². The van der Waals surface area contributed by atoms with Crippen molar-refractivity contribution in [1.82, 2.24) is 9.62 Å². The first-order valence-electron chi connectivity index (χ1n) is 10.4. The summed E-state index contributed by atoms with van der Waals surface area (Å²) < 4.78 is 25.5. The molecule has 0 bridgehead atoms. The highest BCUT2D eigenvalue weighted by Gasteiger charge is 2.50. The molecule has 1 aliphatic carbocycles. The zero-order chi connectivity index (χ0) is 22.1. The van der Waals surface area contributed by atoms with Gasteiger partial charge in [0.25, 0.3) is 0 Å². The predicted molar refractivity (Wildman–Crippen MR) is 118 cm³/mol. The zero-order valence-electron chi connectivity index (χ0n) is 17.8. The number of hydrogen-bond acceptors (Lipinski definition) is 4. The quantitative estimate of drug-likeness (QED) is 0.707. The summed E-state index contributed by atoms with van der Waals surface area (Å²) in [5, 5.41) is 3.58. The van der Waals surface area contributed by atoms with Gasteiger partial charge in [-0.25, -0.2) is 8.42 Å². The van der Waals surface area contributed by atoms with E-state index in [9.17, 15) is 18.0 Å². The number of aryl methyl sites for hydroxylation is 1. The van der Waals surface area contributed by atoms with Gasteiger partial charge in [-0.05, 0) is 44.4 Å². The number of hydrogen-bond donors (Lipinski definition) is 1. The molecule has 2 aliphatic rings. The van der Waals surface area contributed by atoms with Gasteiger partial charge >= 0.3 is 0 Å². The summed E-state index contributed by atoms with van der Waals surface area (Å²) in [6.07, 6.45) is 7.24. The van der Waals surface area contributed by atoms with E-state index in [1.807, 2.05) is 6.92 Å². The lowest BCUT2D eigenvalue weighted by Gasteiger charge is -2.47. The maximum atomic E-state index is 13.5. The predicted octanol–water partition coefficient (Wildman–Crippen LogP) is 2.85. The van der Waals surface area contributed by atoms with E-state index in [-0.39, 0.29) is 25.0 Å². The Labute approximate surface area is 183 Å². The average Bonchev–Trinajstić information content (AvgIpc) is 2.92. The average molecular weight is 456 g/mol. The Hall–Kier alpha value is -1.64. The molecule has 0 aromatic heterocycles. The highest BCUT2D eigenvalue weighted by molar-refractivity contribution is 7.88. The number of piperazine rings is 1. The number of halogens is 1. The van der Waals surface area contributed by atoms with Crippen LogP contribution in [0.25, 0.3) is 0 Å². The van der Waals surface area contributed by atoms with Crippen molar-refractivity contribution in [3.63, 3.8) is 0 Å². The Balaban J connectivity index is 1.98. The van der Waals surface area contributed by atoms with E-state index in [4.69, 9.17) is 11.6 Å². The molecule has 1 aliphatic heterocycles. The summed E-state index contributed by atoms with van der Waals surface area (Å²) in [6, 6.07) is 5.22. The topological polar surface area (TPSA) is 86.8 Å². The molecule has 0 unspecified atom stereocenters. The number of nitrogens with one attached hydrogen (secondary N) is 1. The Morgan fingerprint density at radius 2 is 1.83 bits per heavy atom. The van der Waals surface area contributed by atoms with Crippen LogP contribution in [0.5, 0.6) is 0 Å². The highest BCUT2D eigenvalue weighted by atomic mass is 35.5. The highest BCUT2D eigenvalue weighted by Crippen LogP contribution is 2.33. The standard InChI is InChI=1S/C21H30ClN3O4S/c1-15-10-11-17(12-18(15)22)25-19(26)13-24(30(3,28)29)14-21(25,2)20(27)23-16-8-6-4-5-7-9-16/h10-12,16H,4-9,13-14H2,1-3H3,(H,23,27)/t21-/m1/s1. The SMILES string of the molecule is Cc1ccc(N2C(=O)CN(S(C)(=O)=O)C[C@]2(C)C(=O)NC2CCCCCC2)cc1Cl. The second-order valence-electron chi connectivity index (χ2n) is 8.63. The van der Waals surface area contributed by atoms with E-state index < -0.39 is 21.5 Å². The van der Waals surface area contributed by atoms with Gasteiger partial charge in [0.05, 0.1) is 12.8 Å². The minimum Gasteiger partial charge on any atom is -0.351 e. The molecule has 2 fully saturated rings. The maximum Gasteiger partial charge on any atom is 0.247 e. The van der Waals surface area contributed by atoms with Crippen molar-refractivity contribution in [3.8, 4) is 0 Å². The second-order valence-corrected chi connectivity index (χ2v) is 11.0. The van der Waals surface area contributed by atoms with Gasteiger partial charge in [-0.1, -0.05) is 43.4 Å². The van der Waals surface area contributed by atoms with Crippen LogP contribution in [0.1, 0.15) is 51.0 Å². The minimum absolute atomic E-state index is 0.0315. The van der Waals surface area contributed by atoms with Crippen LogP contribution in [0, 0.1) is 6.92 Å². The van der Waals surface area contributed by atoms with E-state index in [0.29, 0.717) is 10.7 Å². The van der Waals surface area contributed by atoms with Crippen molar-refractivity contribution in [1.29, 1.82) is 0 Å². The molecule has 9 heteroatoms. The molecular formula is C21H30ClN3O4S. The zero-order valence-corrected chi connectivity index (χ0v) is 19.4. The third kappa shape index (κ3) is 4.81. The minimum atomic E-state index is -3.64. The Morgan fingerprint density at radius 1 is 1.20 bits per heavy atom. The molecule has 0 radical (unpaired) electrons. The summed E-state index contributed by atoms with van der Waals surface area (Å²) in [5.41, 5.74) is -0.0435. The number of carbonyl (C=O) groups is 2. The van der Waals surface area contributed by atoms with Crippen molar-refractivity contribution >= 4 is 39.1 Å². The number of benzene rings is 1. The summed E-state index contributed by atoms with van der Waals surface area (Å²) in [5.74, 6) is -0.794. The molecule has 166 valence electrons. The molecule has 1 aromatic carbocycles. The largest absolute Gasteiger partial charge is 0.351 e. The van der Waals surface area contributed by atoms with Gasteiger partial charge in [-0.2, -0.15) is 4.31 Å². The Morgan fingerprint density at radius 3 is 2.40 bits per heavy atom. The van der Waals surface area contributed by atoms with E-state index >= 15 is 0 Å². The Bertz CT molecular complexity index is 928. The third-order valence-electron chi connectivity index (χ3n) is 6.10. The molecule has 1 aromatic rings. The molecule has 1 saturated carbocycles. The van der Waals surface area contributed by atoms with E-state index in [1.54, 1.807) is 25.1 Å². The summed E-state index contributed by atoms with van der Waals surface area (Å²) in [6.45, 7) is 3.06. The van der Waals surface area contributed by atoms with Crippen LogP contribution in [0.15, 0.2) is 18.2 Å². The van der Waals surface area contributed by atoms with Crippen LogP contribution < -0.4 is 10.2 Å². The van der Waals surface area contributed by atoms with Gasteiger partial charge in [0.15, 0.2) is 0 Å². The molecule has 1 N–H and O–H groups in total. The fraction of sp³-hybridized carbons (Fsp3) is 0.619. The number of amides is 2. The number of anilines is 1. The summed E-state index contributed by atoms with van der Waals surface area (Å²) in [7, 11) is -3.64. The molecular weight excluding hydrogens is 426 g/mol. The fourth-order valence-corrected chi connectivity index (χ4v) is 5.29. The second kappa shape index (κ2) is 8.85. The van der Waals surface area contributed by atoms with E-state index in [0.717, 1.165) is 54.6 Å². The van der Waals surface area contributed by atoms with Crippen molar-refractivity contribution in [2.24, 2.45) is 0 Å². The lowest BCUT2D eigenvalue weighted by Crippen LogP contribution is -2.70. The van der Waals surface area contributed by atoms with Gasteiger partial charge in [0.1, 0.15) is 5.54 Å². The molecule has 3 rings (SSSR count). The smallest absolute Gasteiger partial charge is 0.247 e. The first-order valence-corrected chi connectivity index (χ1v) is 12.6. The van der Waals surface area contributed by atoms with Crippen LogP contribution in [0.3, 0.4) is 0 Å². The molecule has 1 heterocycles. The van der Waals surface area contributed by atoms with E-state index in [2.05, 4.69) is 5.32 Å². The first kappa shape index (κ1) is 23.0. The normalized spacial score (nSPS) is 24.5. The summed E-state index contributed by atoms with van der Waals surface area (Å²) in [4.78, 5) is 28.0. The maximum absolute atomic E-state index is 13.5. The van der Waals surface area contributed by atoms with Crippen molar-refractivity contribution in [3.05, 3.63) is 28.8 Å². The monoisotopic (exact) mass is 455 g/mol. The van der Waals surface area contributed by atoms with Crippen LogP contribution >= 0.6 is 11.6 Å². The lowest BCUT2D eigenvalue weighted by atomic mass is 9.93. The van der Waals surface area contributed by atoms with Gasteiger partial charge in [0, 0.05) is 23.3 Å². The molecule has 7 nitrogen and oxygen atoms in total. The van der Waals surface area contributed by atoms with Crippen molar-refractivity contribution in [2.75, 3.05) is 24.2 Å². The molecule has 30 heavy (non-hydrogen) atoms. The fourth-order valence-electron chi connectivity index (χ4n) is 4.29. The lowest BCUT2D eigenvalue weighted by molar-refractivity contribution is -0.133. The molecule has 2 amide bonds. The van der Waals surface area contributed by atoms with Crippen molar-refractivity contribution in [2.45, 2.75) is 64.0 Å². The van der Waals surface area contributed by atoms with Crippen LogP contribution in [-0.4, -0.2) is 55.5 Å². The van der Waals surface area contributed by atoms with Gasteiger partial charge in [-0.3, -0.25) is 14.5 Å². The number of rotatable bonds is 4. The van der Waals surface area contributed by atoms with Crippen LogP contribution in [0.4, 0.5) is 5.69 Å². The molecule has 1 atom stereocenters. The van der Waals surface area contributed by atoms with Crippen molar-refractivity contribution < 1.29 is 18.0 Å². The number of nitrogens with zero attached hydrogens (tertiary/aromatic N) is 2. The number of carbonyl (C=O) groups excluding carboxylic acids is 2. The molecule has 0 spiro atoms.